The number of Topliss-reactive ketones (excluding diaryl/α,β-unsaturated/α-hetero) is 2. The molecule has 3 atom stereocenters. The van der Waals surface area contributed by atoms with E-state index in [9.17, 15) is 22.8 Å². The highest BCUT2D eigenvalue weighted by atomic mass is 79.9. The fraction of sp³-hybridized carbons (Fsp3) is 0.382. The van der Waals surface area contributed by atoms with Crippen LogP contribution in [0.25, 0.3) is 28.1 Å². The Bertz CT molecular complexity index is 2130. The van der Waals surface area contributed by atoms with Crippen LogP contribution in [0.15, 0.2) is 53.4 Å². The van der Waals surface area contributed by atoms with E-state index in [-0.39, 0.29) is 54.5 Å². The predicted molar refractivity (Wildman–Crippen MR) is 182 cm³/mol. The van der Waals surface area contributed by atoms with Crippen LogP contribution in [0, 0.1) is 12.3 Å². The van der Waals surface area contributed by atoms with E-state index in [0.717, 1.165) is 16.7 Å². The van der Waals surface area contributed by atoms with Crippen molar-refractivity contribution in [2.24, 2.45) is 5.41 Å². The van der Waals surface area contributed by atoms with E-state index in [1.54, 1.807) is 49.5 Å². The van der Waals surface area contributed by atoms with Crippen LogP contribution in [0.4, 0.5) is 0 Å². The van der Waals surface area contributed by atoms with E-state index in [1.165, 1.54) is 15.9 Å². The lowest BCUT2D eigenvalue weighted by atomic mass is 9.94. The van der Waals surface area contributed by atoms with E-state index in [0.29, 0.717) is 46.3 Å². The molecule has 1 unspecified atom stereocenters. The van der Waals surface area contributed by atoms with Gasteiger partial charge in [-0.25, -0.2) is 27.7 Å². The number of amides is 1. The zero-order valence-electron chi connectivity index (χ0n) is 26.8. The molecule has 5 heterocycles. The Hall–Kier alpha value is -4.14. The Labute approximate surface area is 286 Å². The van der Waals surface area contributed by atoms with Gasteiger partial charge in [-0.3, -0.25) is 19.1 Å². The van der Waals surface area contributed by atoms with Crippen LogP contribution in [0.2, 0.25) is 0 Å². The summed E-state index contributed by atoms with van der Waals surface area (Å²) < 4.78 is 29.9. The molecule has 48 heavy (non-hydrogen) atoms. The summed E-state index contributed by atoms with van der Waals surface area (Å²) in [6, 6.07) is 8.11. The highest BCUT2D eigenvalue weighted by molar-refractivity contribution is 9.10. The summed E-state index contributed by atoms with van der Waals surface area (Å²) in [4.78, 5) is 55.8. The molecular formula is C34H34BrN7O5S. The summed E-state index contributed by atoms with van der Waals surface area (Å²) >= 11 is 3.41. The van der Waals surface area contributed by atoms with Crippen molar-refractivity contribution in [3.63, 3.8) is 0 Å². The number of halogens is 1. The first-order valence-corrected chi connectivity index (χ1v) is 18.2. The molecule has 1 spiro atoms. The Morgan fingerprint density at radius 2 is 1.85 bits per heavy atom. The molecule has 1 saturated carbocycles. The predicted octanol–water partition coefficient (Wildman–Crippen LogP) is 4.01. The summed E-state index contributed by atoms with van der Waals surface area (Å²) in [5, 5.41) is 5.17. The number of ketones is 2. The number of aryl methyl sites for hydroxylation is 1. The van der Waals surface area contributed by atoms with Gasteiger partial charge in [0.25, 0.3) is 0 Å². The van der Waals surface area contributed by atoms with E-state index in [4.69, 9.17) is 0 Å². The average Bonchev–Trinajstić information content (AvgIpc) is 3.44. The Morgan fingerprint density at radius 3 is 2.60 bits per heavy atom. The van der Waals surface area contributed by atoms with Gasteiger partial charge >= 0.3 is 0 Å². The van der Waals surface area contributed by atoms with Crippen molar-refractivity contribution in [2.75, 3.05) is 19.3 Å². The summed E-state index contributed by atoms with van der Waals surface area (Å²) in [6.07, 6.45) is 8.33. The highest BCUT2D eigenvalue weighted by Gasteiger charge is 2.67. The third kappa shape index (κ3) is 5.90. The molecule has 2 bridgehead atoms. The van der Waals surface area contributed by atoms with Crippen LogP contribution in [-0.4, -0.2) is 91.3 Å². The summed E-state index contributed by atoms with van der Waals surface area (Å²) in [7, 11) is -2.00. The fourth-order valence-corrected chi connectivity index (χ4v) is 8.71. The Morgan fingerprint density at radius 1 is 1.08 bits per heavy atom. The van der Waals surface area contributed by atoms with E-state index in [2.05, 4.69) is 36.0 Å². The first-order chi connectivity index (χ1) is 22.8. The molecule has 4 aromatic rings. The van der Waals surface area contributed by atoms with Gasteiger partial charge in [0.05, 0.1) is 29.4 Å². The van der Waals surface area contributed by atoms with Crippen LogP contribution in [0.3, 0.4) is 0 Å². The summed E-state index contributed by atoms with van der Waals surface area (Å²) in [6.45, 7) is 3.27. The number of nitrogens with zero attached hydrogens (tertiary/aromatic N) is 7. The number of hydrogen-bond acceptors (Lipinski definition) is 9. The number of likely N-dealkylation sites (tertiary alicyclic amines) is 1. The van der Waals surface area contributed by atoms with Crippen LogP contribution in [-0.2, 0) is 32.6 Å². The lowest BCUT2D eigenvalue weighted by Gasteiger charge is -2.27. The van der Waals surface area contributed by atoms with Gasteiger partial charge in [0.2, 0.25) is 15.9 Å². The molecule has 1 saturated heterocycles. The molecule has 0 radical (unpaired) electrons. The van der Waals surface area contributed by atoms with Crippen LogP contribution < -0.4 is 0 Å². The van der Waals surface area contributed by atoms with Gasteiger partial charge in [-0.05, 0) is 71.4 Å². The first-order valence-electron chi connectivity index (χ1n) is 15.8. The lowest BCUT2D eigenvalue weighted by Crippen LogP contribution is -2.45. The number of aromatic nitrogens is 5. The van der Waals surface area contributed by atoms with Crippen molar-refractivity contribution in [2.45, 2.75) is 58.2 Å². The van der Waals surface area contributed by atoms with Crippen molar-refractivity contribution in [1.82, 2.24) is 33.9 Å². The zero-order valence-corrected chi connectivity index (χ0v) is 29.2. The van der Waals surface area contributed by atoms with Gasteiger partial charge in [-0.1, -0.05) is 24.3 Å². The van der Waals surface area contributed by atoms with Gasteiger partial charge in [0.1, 0.15) is 22.7 Å². The third-order valence-corrected chi connectivity index (χ3v) is 12.0. The molecule has 0 N–H and O–H groups in total. The summed E-state index contributed by atoms with van der Waals surface area (Å²) in [5.74, 6) is -0.116. The Kier molecular flexibility index (Phi) is 8.15. The molecule has 1 amide bonds. The molecule has 14 heteroatoms. The van der Waals surface area contributed by atoms with Gasteiger partial charge in [0, 0.05) is 55.3 Å². The second-order valence-electron chi connectivity index (χ2n) is 13.0. The van der Waals surface area contributed by atoms with Crippen LogP contribution in [0.1, 0.15) is 53.8 Å². The van der Waals surface area contributed by atoms with E-state index in [1.807, 2.05) is 24.3 Å². The SMILES string of the molecule is CC(=O)c1nn(CC(=O)N2C3C[C@]34C[C@H]2C(=O)Cc2nc(Br)ccc2C=CCCS(=O)(=O)N(C)C4)c2ccc(-c3cnc(C)nc3)cc12. The maximum Gasteiger partial charge on any atom is 0.245 e. The molecule has 7 rings (SSSR count). The summed E-state index contributed by atoms with van der Waals surface area (Å²) in [5.41, 5.74) is 3.19. The molecular weight excluding hydrogens is 698 g/mol. The second-order valence-corrected chi connectivity index (χ2v) is 16.0. The zero-order chi connectivity index (χ0) is 34.0. The van der Waals surface area contributed by atoms with Crippen LogP contribution >= 0.6 is 15.9 Å². The van der Waals surface area contributed by atoms with Gasteiger partial charge in [-0.15, -0.1) is 0 Å². The van der Waals surface area contributed by atoms with Crippen molar-refractivity contribution in [1.29, 1.82) is 0 Å². The number of fused-ring (bicyclic) bond motifs is 3. The van der Waals surface area contributed by atoms with E-state index >= 15 is 0 Å². The maximum atomic E-state index is 14.3. The number of rotatable bonds is 4. The van der Waals surface area contributed by atoms with Crippen molar-refractivity contribution in [3.05, 3.63) is 76.2 Å². The number of sulfonamides is 1. The van der Waals surface area contributed by atoms with Gasteiger partial charge in [-0.2, -0.15) is 5.10 Å². The topological polar surface area (TPSA) is 148 Å². The van der Waals surface area contributed by atoms with Crippen molar-refractivity contribution >= 4 is 60.4 Å². The average molecular weight is 733 g/mol. The number of carbonyl (C=O) groups is 3. The molecule has 2 fully saturated rings. The largest absolute Gasteiger partial charge is 0.327 e. The molecule has 12 nitrogen and oxygen atoms in total. The molecule has 3 aromatic heterocycles. The minimum atomic E-state index is -3.57. The number of piperidine rings is 1. The monoisotopic (exact) mass is 731 g/mol. The standard InChI is InChI=1S/C34H34BrN7O5S/c1-20(43)33-25-12-23(24-16-36-21(2)37-17-24)7-9-27(25)41(39-33)18-32(45)42-28-14-34(15-30(34)42)19-40(3)48(46,47)11-5-4-6-22-8-10-31(35)38-26(22)13-29(28)44/h4,6-10,12,16-17,28,30H,5,11,13-15,18-19H2,1-3H3/t28-,30?,34-/m0/s1. The number of pyridine rings is 1. The van der Waals surface area contributed by atoms with Gasteiger partial charge < -0.3 is 4.90 Å². The van der Waals surface area contributed by atoms with E-state index < -0.39 is 21.5 Å². The number of benzene rings is 1. The molecule has 1 aromatic carbocycles. The smallest absolute Gasteiger partial charge is 0.245 e. The molecule has 248 valence electrons. The van der Waals surface area contributed by atoms with Crippen molar-refractivity contribution < 1.29 is 22.8 Å². The Balaban J connectivity index is 1.24. The highest BCUT2D eigenvalue weighted by Crippen LogP contribution is 2.60. The first kappa shape index (κ1) is 32.4. The van der Waals surface area contributed by atoms with Crippen LogP contribution in [0.5, 0.6) is 0 Å². The molecule has 1 aliphatic carbocycles. The second kappa shape index (κ2) is 12.1. The van der Waals surface area contributed by atoms with Crippen molar-refractivity contribution in [3.8, 4) is 11.1 Å². The minimum Gasteiger partial charge on any atom is -0.327 e. The number of hydrogen-bond donors (Lipinski definition) is 0. The third-order valence-electron chi connectivity index (χ3n) is 9.73. The quantitative estimate of drug-likeness (QED) is 0.224. The minimum absolute atomic E-state index is 0.0230. The number of carbonyl (C=O) groups excluding carboxylic acids is 3. The van der Waals surface area contributed by atoms with Gasteiger partial charge in [0.15, 0.2) is 11.6 Å². The fourth-order valence-electron chi connectivity index (χ4n) is 7.17. The maximum absolute atomic E-state index is 14.3. The molecule has 2 aliphatic heterocycles. The normalized spacial score (nSPS) is 23.8. The molecule has 3 aliphatic rings. The number of allylic oxidation sites excluding steroid dienone is 1. The lowest BCUT2D eigenvalue weighted by molar-refractivity contribution is -0.139.